The molecular formula is C8H14O3. The molecule has 0 aromatic heterocycles. The second-order valence-corrected chi connectivity index (χ2v) is 2.32. The smallest absolute Gasteiger partial charge is 0.316 e. The SMILES string of the molecule is CCCOC(=O)C(C=O)CC. The largest absolute Gasteiger partial charge is 0.465 e. The zero-order valence-electron chi connectivity index (χ0n) is 7.00. The first-order valence-corrected chi connectivity index (χ1v) is 3.88. The second-order valence-electron chi connectivity index (χ2n) is 2.32. The van der Waals surface area contributed by atoms with E-state index in [4.69, 9.17) is 4.74 Å². The van der Waals surface area contributed by atoms with Gasteiger partial charge in [0.2, 0.25) is 0 Å². The van der Waals surface area contributed by atoms with Crippen molar-refractivity contribution >= 4 is 12.3 Å². The van der Waals surface area contributed by atoms with Gasteiger partial charge in [-0.2, -0.15) is 0 Å². The van der Waals surface area contributed by atoms with E-state index in [9.17, 15) is 9.59 Å². The van der Waals surface area contributed by atoms with Gasteiger partial charge in [-0.05, 0) is 12.8 Å². The van der Waals surface area contributed by atoms with E-state index in [0.717, 1.165) is 6.42 Å². The number of aldehydes is 1. The maximum atomic E-state index is 10.9. The number of hydrogen-bond donors (Lipinski definition) is 0. The fourth-order valence-electron chi connectivity index (χ4n) is 0.628. The molecule has 0 heterocycles. The maximum Gasteiger partial charge on any atom is 0.316 e. The molecule has 11 heavy (non-hydrogen) atoms. The first-order valence-electron chi connectivity index (χ1n) is 3.88. The van der Waals surface area contributed by atoms with E-state index < -0.39 is 11.9 Å². The van der Waals surface area contributed by atoms with Gasteiger partial charge in [0.1, 0.15) is 12.2 Å². The van der Waals surface area contributed by atoms with Crippen LogP contribution in [0.25, 0.3) is 0 Å². The minimum Gasteiger partial charge on any atom is -0.465 e. The molecule has 0 rings (SSSR count). The topological polar surface area (TPSA) is 43.4 Å². The van der Waals surface area contributed by atoms with Gasteiger partial charge in [0.25, 0.3) is 0 Å². The summed E-state index contributed by atoms with van der Waals surface area (Å²) in [7, 11) is 0. The van der Waals surface area contributed by atoms with Crippen LogP contribution in [0.5, 0.6) is 0 Å². The van der Waals surface area contributed by atoms with Crippen LogP contribution in [0, 0.1) is 5.92 Å². The van der Waals surface area contributed by atoms with Crippen LogP contribution in [-0.4, -0.2) is 18.9 Å². The Morgan fingerprint density at radius 3 is 2.55 bits per heavy atom. The quantitative estimate of drug-likeness (QED) is 0.342. The van der Waals surface area contributed by atoms with Crippen molar-refractivity contribution in [1.29, 1.82) is 0 Å². The van der Waals surface area contributed by atoms with Gasteiger partial charge in [-0.15, -0.1) is 0 Å². The number of carbonyl (C=O) groups excluding carboxylic acids is 2. The molecule has 0 spiro atoms. The van der Waals surface area contributed by atoms with Gasteiger partial charge in [0, 0.05) is 0 Å². The molecular weight excluding hydrogens is 144 g/mol. The Morgan fingerprint density at radius 1 is 1.55 bits per heavy atom. The molecule has 0 aromatic rings. The van der Waals surface area contributed by atoms with Crippen LogP contribution in [0.3, 0.4) is 0 Å². The summed E-state index contributed by atoms with van der Waals surface area (Å²) < 4.78 is 4.76. The molecule has 1 unspecified atom stereocenters. The van der Waals surface area contributed by atoms with E-state index in [2.05, 4.69) is 0 Å². The van der Waals surface area contributed by atoms with Gasteiger partial charge in [0.05, 0.1) is 6.61 Å². The summed E-state index contributed by atoms with van der Waals surface area (Å²) in [6.45, 7) is 4.10. The van der Waals surface area contributed by atoms with Crippen LogP contribution < -0.4 is 0 Å². The first kappa shape index (κ1) is 10.1. The summed E-state index contributed by atoms with van der Waals surface area (Å²) in [6.07, 6.45) is 1.95. The third-order valence-corrected chi connectivity index (χ3v) is 1.36. The summed E-state index contributed by atoms with van der Waals surface area (Å²) in [5.74, 6) is -0.967. The van der Waals surface area contributed by atoms with Crippen molar-refractivity contribution in [2.75, 3.05) is 6.61 Å². The molecule has 1 atom stereocenters. The van der Waals surface area contributed by atoms with Crippen LogP contribution >= 0.6 is 0 Å². The van der Waals surface area contributed by atoms with Crippen molar-refractivity contribution in [3.05, 3.63) is 0 Å². The predicted molar refractivity (Wildman–Crippen MR) is 41.1 cm³/mol. The first-order chi connectivity index (χ1) is 5.26. The maximum absolute atomic E-state index is 10.9. The second kappa shape index (κ2) is 5.89. The van der Waals surface area contributed by atoms with Crippen LogP contribution in [0.1, 0.15) is 26.7 Å². The average molecular weight is 158 g/mol. The monoisotopic (exact) mass is 158 g/mol. The minimum atomic E-state index is -0.568. The van der Waals surface area contributed by atoms with Gasteiger partial charge >= 0.3 is 5.97 Å². The van der Waals surface area contributed by atoms with Crippen LogP contribution in [-0.2, 0) is 14.3 Å². The third-order valence-electron chi connectivity index (χ3n) is 1.36. The number of carbonyl (C=O) groups is 2. The molecule has 0 aliphatic rings. The molecule has 0 aliphatic carbocycles. The Balaban J connectivity index is 3.69. The van der Waals surface area contributed by atoms with Crippen molar-refractivity contribution in [3.8, 4) is 0 Å². The Hall–Kier alpha value is -0.860. The van der Waals surface area contributed by atoms with Crippen molar-refractivity contribution < 1.29 is 14.3 Å². The summed E-state index contributed by atoms with van der Waals surface area (Å²) in [5, 5.41) is 0. The Morgan fingerprint density at radius 2 is 2.18 bits per heavy atom. The van der Waals surface area contributed by atoms with Gasteiger partial charge in [-0.3, -0.25) is 4.79 Å². The molecule has 0 bridgehead atoms. The van der Waals surface area contributed by atoms with Gasteiger partial charge in [0.15, 0.2) is 0 Å². The number of hydrogen-bond acceptors (Lipinski definition) is 3. The highest BCUT2D eigenvalue weighted by Crippen LogP contribution is 2.01. The van der Waals surface area contributed by atoms with Crippen LogP contribution in [0.15, 0.2) is 0 Å². The summed E-state index contributed by atoms with van der Waals surface area (Å²) in [4.78, 5) is 21.2. The lowest BCUT2D eigenvalue weighted by Gasteiger charge is -2.06. The minimum absolute atomic E-state index is 0.399. The highest BCUT2D eigenvalue weighted by atomic mass is 16.5. The number of rotatable bonds is 5. The fraction of sp³-hybridized carbons (Fsp3) is 0.750. The predicted octanol–water partition coefficient (Wildman–Crippen LogP) is 1.16. The van der Waals surface area contributed by atoms with Gasteiger partial charge in [-0.25, -0.2) is 0 Å². The van der Waals surface area contributed by atoms with E-state index in [1.165, 1.54) is 0 Å². The lowest BCUT2D eigenvalue weighted by molar-refractivity contribution is -0.149. The lowest BCUT2D eigenvalue weighted by atomic mass is 10.1. The van der Waals surface area contributed by atoms with E-state index in [1.54, 1.807) is 6.92 Å². The normalized spacial score (nSPS) is 12.2. The van der Waals surface area contributed by atoms with Crippen molar-refractivity contribution in [2.24, 2.45) is 5.92 Å². The summed E-state index contributed by atoms with van der Waals surface area (Å²) in [6, 6.07) is 0. The standard InChI is InChI=1S/C8H14O3/c1-3-5-11-8(10)7(4-2)6-9/h6-7H,3-5H2,1-2H3. The molecule has 0 saturated heterocycles. The molecule has 0 fully saturated rings. The van der Waals surface area contributed by atoms with Crippen molar-refractivity contribution in [3.63, 3.8) is 0 Å². The molecule has 0 N–H and O–H groups in total. The number of esters is 1. The van der Waals surface area contributed by atoms with E-state index in [1.807, 2.05) is 6.92 Å². The van der Waals surface area contributed by atoms with Crippen molar-refractivity contribution in [2.45, 2.75) is 26.7 Å². The Labute approximate surface area is 66.7 Å². The van der Waals surface area contributed by atoms with E-state index in [0.29, 0.717) is 19.3 Å². The third kappa shape index (κ3) is 3.75. The highest BCUT2D eigenvalue weighted by Gasteiger charge is 2.15. The van der Waals surface area contributed by atoms with Crippen LogP contribution in [0.2, 0.25) is 0 Å². The zero-order chi connectivity index (χ0) is 8.69. The van der Waals surface area contributed by atoms with Gasteiger partial charge < -0.3 is 9.53 Å². The molecule has 0 radical (unpaired) electrons. The fourth-order valence-corrected chi connectivity index (χ4v) is 0.628. The summed E-state index contributed by atoms with van der Waals surface area (Å²) >= 11 is 0. The van der Waals surface area contributed by atoms with Gasteiger partial charge in [-0.1, -0.05) is 13.8 Å². The van der Waals surface area contributed by atoms with Crippen LogP contribution in [0.4, 0.5) is 0 Å². The molecule has 3 heteroatoms. The lowest BCUT2D eigenvalue weighted by Crippen LogP contribution is -2.18. The Kier molecular flexibility index (Phi) is 5.43. The van der Waals surface area contributed by atoms with E-state index >= 15 is 0 Å². The van der Waals surface area contributed by atoms with Crippen molar-refractivity contribution in [1.82, 2.24) is 0 Å². The summed E-state index contributed by atoms with van der Waals surface area (Å²) in [5.41, 5.74) is 0. The molecule has 64 valence electrons. The Bertz CT molecular complexity index is 131. The highest BCUT2D eigenvalue weighted by molar-refractivity contribution is 5.87. The molecule has 0 amide bonds. The molecule has 0 aliphatic heterocycles. The molecule has 3 nitrogen and oxygen atoms in total. The molecule has 0 saturated carbocycles. The average Bonchev–Trinajstić information content (AvgIpc) is 2.03. The van der Waals surface area contributed by atoms with E-state index in [-0.39, 0.29) is 0 Å². The number of ether oxygens (including phenoxy) is 1. The zero-order valence-corrected chi connectivity index (χ0v) is 7.00. The molecule has 0 aromatic carbocycles.